The second-order valence-corrected chi connectivity index (χ2v) is 5.80. The van der Waals surface area contributed by atoms with Crippen molar-refractivity contribution in [3.63, 3.8) is 0 Å². The van der Waals surface area contributed by atoms with Gasteiger partial charge < -0.3 is 15.0 Å². The summed E-state index contributed by atoms with van der Waals surface area (Å²) in [5.74, 6) is -2.95. The number of phenolic OH excluding ortho intramolecular Hbond substituents is 1. The molecule has 0 aliphatic carbocycles. The lowest BCUT2D eigenvalue weighted by Gasteiger charge is -2.16. The van der Waals surface area contributed by atoms with Crippen LogP contribution in [0.2, 0.25) is 0 Å². The molecule has 0 unspecified atom stereocenters. The zero-order valence-electron chi connectivity index (χ0n) is 13.8. The van der Waals surface area contributed by atoms with Crippen LogP contribution in [0.1, 0.15) is 27.1 Å². The van der Waals surface area contributed by atoms with Gasteiger partial charge >= 0.3 is 0 Å². The number of imide groups is 1. The Bertz CT molecular complexity index is 908. The number of aromatic hydroxyl groups is 1. The van der Waals surface area contributed by atoms with Gasteiger partial charge in [-0.2, -0.15) is 0 Å². The summed E-state index contributed by atoms with van der Waals surface area (Å²) in [6.45, 7) is 0. The monoisotopic (exact) mass is 368 g/mol. The number of anilines is 1. The van der Waals surface area contributed by atoms with Gasteiger partial charge in [0.1, 0.15) is 11.8 Å². The maximum atomic E-state index is 12.5. The zero-order valence-corrected chi connectivity index (χ0v) is 13.8. The Labute approximate surface area is 153 Å². The third-order valence-electron chi connectivity index (χ3n) is 4.00. The van der Waals surface area contributed by atoms with Crippen molar-refractivity contribution < 1.29 is 29.4 Å². The molecular weight excluding hydrogens is 354 g/mol. The molecular formula is C18H14N3O6-. The molecule has 2 aromatic carbocycles. The van der Waals surface area contributed by atoms with Gasteiger partial charge in [-0.25, -0.2) is 10.3 Å². The molecule has 1 aliphatic rings. The first-order valence-corrected chi connectivity index (χ1v) is 7.90. The SMILES string of the molecule is O=C([O-])c1ccc(N2C(=O)C[C@@H](NNC(=O)c3ccc(O)cc3)C2=O)cc1. The molecule has 1 aliphatic heterocycles. The number of nitrogens with zero attached hydrogens (tertiary/aromatic N) is 1. The van der Waals surface area contributed by atoms with E-state index < -0.39 is 29.7 Å². The van der Waals surface area contributed by atoms with E-state index in [0.717, 1.165) is 4.90 Å². The molecule has 9 nitrogen and oxygen atoms in total. The first kappa shape index (κ1) is 18.1. The first-order chi connectivity index (χ1) is 12.9. The number of benzene rings is 2. The van der Waals surface area contributed by atoms with E-state index in [4.69, 9.17) is 0 Å². The van der Waals surface area contributed by atoms with E-state index in [1.807, 2.05) is 0 Å². The number of rotatable bonds is 5. The van der Waals surface area contributed by atoms with Gasteiger partial charge in [-0.3, -0.25) is 19.8 Å². The molecule has 3 amide bonds. The Balaban J connectivity index is 1.66. The predicted octanol–water partition coefficient (Wildman–Crippen LogP) is -0.678. The number of hydrogen-bond donors (Lipinski definition) is 3. The fourth-order valence-corrected chi connectivity index (χ4v) is 2.60. The van der Waals surface area contributed by atoms with Crippen LogP contribution in [-0.4, -0.2) is 34.8 Å². The molecule has 2 aromatic rings. The molecule has 1 atom stereocenters. The largest absolute Gasteiger partial charge is 0.545 e. The number of hydrazine groups is 1. The van der Waals surface area contributed by atoms with Crippen LogP contribution in [0, 0.1) is 0 Å². The number of carboxylic acid groups (broad SMARTS) is 1. The van der Waals surface area contributed by atoms with Crippen LogP contribution in [0.3, 0.4) is 0 Å². The van der Waals surface area contributed by atoms with Crippen molar-refractivity contribution in [3.8, 4) is 5.75 Å². The van der Waals surface area contributed by atoms with Crippen molar-refractivity contribution >= 4 is 29.4 Å². The Morgan fingerprint density at radius 3 is 2.19 bits per heavy atom. The van der Waals surface area contributed by atoms with Crippen molar-refractivity contribution in [3.05, 3.63) is 59.7 Å². The van der Waals surface area contributed by atoms with Crippen LogP contribution >= 0.6 is 0 Å². The normalized spacial score (nSPS) is 16.4. The van der Waals surface area contributed by atoms with Gasteiger partial charge in [0.2, 0.25) is 5.91 Å². The fourth-order valence-electron chi connectivity index (χ4n) is 2.60. The lowest BCUT2D eigenvalue weighted by atomic mass is 10.2. The van der Waals surface area contributed by atoms with Crippen LogP contribution in [0.4, 0.5) is 5.69 Å². The molecule has 0 spiro atoms. The maximum absolute atomic E-state index is 12.5. The van der Waals surface area contributed by atoms with E-state index in [2.05, 4.69) is 10.9 Å². The van der Waals surface area contributed by atoms with Crippen molar-refractivity contribution in [1.82, 2.24) is 10.9 Å². The highest BCUT2D eigenvalue weighted by Crippen LogP contribution is 2.23. The van der Waals surface area contributed by atoms with Gasteiger partial charge in [-0.15, -0.1) is 0 Å². The van der Waals surface area contributed by atoms with Crippen LogP contribution in [0.5, 0.6) is 5.75 Å². The Kier molecular flexibility index (Phi) is 4.86. The first-order valence-electron chi connectivity index (χ1n) is 7.90. The maximum Gasteiger partial charge on any atom is 0.265 e. The van der Waals surface area contributed by atoms with Gasteiger partial charge in [-0.1, -0.05) is 12.1 Å². The van der Waals surface area contributed by atoms with Gasteiger partial charge in [0, 0.05) is 5.56 Å². The average Bonchev–Trinajstić information content (AvgIpc) is 2.94. The quantitative estimate of drug-likeness (QED) is 0.469. The molecule has 9 heteroatoms. The molecule has 138 valence electrons. The molecule has 3 N–H and O–H groups in total. The van der Waals surface area contributed by atoms with Crippen molar-refractivity contribution in [2.24, 2.45) is 0 Å². The molecule has 0 bridgehead atoms. The van der Waals surface area contributed by atoms with Crippen molar-refractivity contribution in [2.45, 2.75) is 12.5 Å². The van der Waals surface area contributed by atoms with Crippen LogP contribution < -0.4 is 20.9 Å². The third kappa shape index (κ3) is 3.77. The molecule has 27 heavy (non-hydrogen) atoms. The number of carbonyl (C=O) groups excluding carboxylic acids is 4. The molecule has 1 saturated heterocycles. The molecule has 0 aromatic heterocycles. The number of hydrogen-bond acceptors (Lipinski definition) is 7. The molecule has 1 fully saturated rings. The van der Waals surface area contributed by atoms with Crippen molar-refractivity contribution in [2.75, 3.05) is 4.90 Å². The summed E-state index contributed by atoms with van der Waals surface area (Å²) in [6.07, 6.45) is -0.170. The summed E-state index contributed by atoms with van der Waals surface area (Å²) in [4.78, 5) is 48.3. The highest BCUT2D eigenvalue weighted by Gasteiger charge is 2.39. The fraction of sp³-hybridized carbons (Fsp3) is 0.111. The highest BCUT2D eigenvalue weighted by atomic mass is 16.4. The molecule has 0 saturated carbocycles. The Morgan fingerprint density at radius 2 is 1.59 bits per heavy atom. The predicted molar refractivity (Wildman–Crippen MR) is 90.4 cm³/mol. The van der Waals surface area contributed by atoms with Crippen LogP contribution in [0.15, 0.2) is 48.5 Å². The number of carboxylic acids is 1. The van der Waals surface area contributed by atoms with E-state index >= 15 is 0 Å². The van der Waals surface area contributed by atoms with E-state index in [-0.39, 0.29) is 29.0 Å². The molecule has 0 radical (unpaired) electrons. The summed E-state index contributed by atoms with van der Waals surface area (Å²) >= 11 is 0. The van der Waals surface area contributed by atoms with Gasteiger partial charge in [-0.05, 0) is 42.0 Å². The average molecular weight is 368 g/mol. The zero-order chi connectivity index (χ0) is 19.6. The van der Waals surface area contributed by atoms with E-state index in [1.165, 1.54) is 48.5 Å². The Morgan fingerprint density at radius 1 is 1.00 bits per heavy atom. The summed E-state index contributed by atoms with van der Waals surface area (Å²) < 4.78 is 0. The molecule has 3 rings (SSSR count). The summed E-state index contributed by atoms with van der Waals surface area (Å²) in [7, 11) is 0. The molecule has 1 heterocycles. The number of aromatic carboxylic acids is 1. The highest BCUT2D eigenvalue weighted by molar-refractivity contribution is 6.22. The minimum absolute atomic E-state index is 0.0106. The van der Waals surface area contributed by atoms with E-state index in [1.54, 1.807) is 0 Å². The van der Waals surface area contributed by atoms with Crippen LogP contribution in [-0.2, 0) is 9.59 Å². The minimum atomic E-state index is -1.36. The minimum Gasteiger partial charge on any atom is -0.545 e. The number of nitrogens with one attached hydrogen (secondary N) is 2. The van der Waals surface area contributed by atoms with Gasteiger partial charge in [0.25, 0.3) is 11.8 Å². The van der Waals surface area contributed by atoms with Crippen molar-refractivity contribution in [1.29, 1.82) is 0 Å². The second-order valence-electron chi connectivity index (χ2n) is 5.80. The van der Waals surface area contributed by atoms with Gasteiger partial charge in [0.15, 0.2) is 0 Å². The number of carbonyl (C=O) groups is 4. The van der Waals surface area contributed by atoms with E-state index in [0.29, 0.717) is 0 Å². The van der Waals surface area contributed by atoms with E-state index in [9.17, 15) is 29.4 Å². The lowest BCUT2D eigenvalue weighted by molar-refractivity contribution is -0.255. The summed E-state index contributed by atoms with van der Waals surface area (Å²) in [5, 5.41) is 20.0. The number of amides is 3. The summed E-state index contributed by atoms with van der Waals surface area (Å²) in [5.41, 5.74) is 5.28. The Hall–Kier alpha value is -3.72. The number of phenols is 1. The second kappa shape index (κ2) is 7.26. The topological polar surface area (TPSA) is 139 Å². The van der Waals surface area contributed by atoms with Crippen LogP contribution in [0.25, 0.3) is 0 Å². The van der Waals surface area contributed by atoms with Gasteiger partial charge in [0.05, 0.1) is 18.1 Å². The third-order valence-corrected chi connectivity index (χ3v) is 4.00. The standard InChI is InChI=1S/C18H15N3O6/c22-13-7-3-10(4-8-13)16(24)20-19-14-9-15(23)21(17(14)25)12-5-1-11(2-6-12)18(26)27/h1-8,14,19,22H,9H2,(H,20,24)(H,26,27)/p-1/t14-/m1/s1. The smallest absolute Gasteiger partial charge is 0.265 e. The lowest BCUT2D eigenvalue weighted by Crippen LogP contribution is -2.48. The summed E-state index contributed by atoms with van der Waals surface area (Å²) in [6, 6.07) is 9.67.